The van der Waals surface area contributed by atoms with Gasteiger partial charge in [0.1, 0.15) is 0 Å². The third kappa shape index (κ3) is 5.12. The van der Waals surface area contributed by atoms with Crippen molar-refractivity contribution in [3.05, 3.63) is 11.6 Å². The second-order valence-corrected chi connectivity index (χ2v) is 3.88. The molecule has 0 aromatic rings. The molecule has 0 unspecified atom stereocenters. The van der Waals surface area contributed by atoms with E-state index < -0.39 is 0 Å². The number of likely N-dealkylation sites (N-methyl/N-ethyl adjacent to an activating group) is 1. The van der Waals surface area contributed by atoms with Gasteiger partial charge >= 0.3 is 5.97 Å². The van der Waals surface area contributed by atoms with E-state index in [1.165, 1.54) is 0 Å². The van der Waals surface area contributed by atoms with E-state index in [0.29, 0.717) is 6.61 Å². The van der Waals surface area contributed by atoms with E-state index in [9.17, 15) is 4.79 Å². The lowest BCUT2D eigenvalue weighted by atomic mass is 10.1. The Hall–Kier alpha value is -0.350. The summed E-state index contributed by atoms with van der Waals surface area (Å²) in [6.45, 7) is 7.57. The summed E-state index contributed by atoms with van der Waals surface area (Å²) < 4.78 is 5.18. The van der Waals surface area contributed by atoms with Gasteiger partial charge in [-0.05, 0) is 19.4 Å². The Balaban J connectivity index is 0.00000225. The van der Waals surface area contributed by atoms with Crippen molar-refractivity contribution in [3.63, 3.8) is 0 Å². The van der Waals surface area contributed by atoms with Crippen LogP contribution >= 0.6 is 17.0 Å². The summed E-state index contributed by atoms with van der Waals surface area (Å²) in [5, 5.41) is 0. The zero-order valence-electron chi connectivity index (χ0n) is 10.2. The van der Waals surface area contributed by atoms with Crippen LogP contribution in [0.15, 0.2) is 11.6 Å². The molecular formula is C12H22BrNO2. The van der Waals surface area contributed by atoms with Gasteiger partial charge in [0, 0.05) is 18.7 Å². The number of esters is 1. The highest BCUT2D eigenvalue weighted by Crippen LogP contribution is 2.10. The summed E-state index contributed by atoms with van der Waals surface area (Å²) in [6, 6.07) is 0. The molecule has 0 spiro atoms. The average molecular weight is 292 g/mol. The number of carbonyl (C=O) groups excluding carboxylic acids is 1. The summed E-state index contributed by atoms with van der Waals surface area (Å²) in [6.07, 6.45) is 5.00. The molecule has 0 radical (unpaired) electrons. The van der Waals surface area contributed by atoms with Gasteiger partial charge in [-0.3, -0.25) is 4.90 Å². The molecule has 16 heavy (non-hydrogen) atoms. The summed E-state index contributed by atoms with van der Waals surface area (Å²) in [5.41, 5.74) is 0.833. The van der Waals surface area contributed by atoms with Gasteiger partial charge in [-0.2, -0.15) is 0 Å². The molecule has 0 saturated carbocycles. The Labute approximate surface area is 109 Å². The Kier molecular flexibility index (Phi) is 8.57. The molecule has 94 valence electrons. The molecular weight excluding hydrogens is 270 g/mol. The van der Waals surface area contributed by atoms with Crippen molar-refractivity contribution in [3.8, 4) is 0 Å². The number of nitrogens with zero attached hydrogens (tertiary/aromatic N) is 1. The minimum absolute atomic E-state index is 0. The molecule has 0 aromatic carbocycles. The van der Waals surface area contributed by atoms with Crippen LogP contribution in [-0.2, 0) is 9.53 Å². The zero-order valence-corrected chi connectivity index (χ0v) is 11.9. The molecule has 3 nitrogen and oxygen atoms in total. The first-order chi connectivity index (χ1) is 7.27. The first kappa shape index (κ1) is 15.7. The van der Waals surface area contributed by atoms with Crippen molar-refractivity contribution in [1.29, 1.82) is 0 Å². The van der Waals surface area contributed by atoms with Gasteiger partial charge in [0.25, 0.3) is 0 Å². The normalized spacial score (nSPS) is 16.2. The minimum atomic E-state index is -0.124. The fourth-order valence-corrected chi connectivity index (χ4v) is 1.63. The van der Waals surface area contributed by atoms with Gasteiger partial charge in [-0.15, -0.1) is 17.0 Å². The van der Waals surface area contributed by atoms with E-state index >= 15 is 0 Å². The molecule has 1 heterocycles. The molecule has 0 amide bonds. The fraction of sp³-hybridized carbons (Fsp3) is 0.750. The lowest BCUT2D eigenvalue weighted by molar-refractivity contribution is -0.139. The van der Waals surface area contributed by atoms with Crippen molar-refractivity contribution in [2.75, 3.05) is 26.2 Å². The van der Waals surface area contributed by atoms with Gasteiger partial charge < -0.3 is 4.74 Å². The Morgan fingerprint density at radius 2 is 2.25 bits per heavy atom. The van der Waals surface area contributed by atoms with Crippen LogP contribution in [-0.4, -0.2) is 37.1 Å². The first-order valence-corrected chi connectivity index (χ1v) is 5.86. The smallest absolute Gasteiger partial charge is 0.334 e. The highest BCUT2D eigenvalue weighted by molar-refractivity contribution is 8.93. The molecule has 0 saturated heterocycles. The highest BCUT2D eigenvalue weighted by atomic mass is 79.9. The lowest BCUT2D eigenvalue weighted by Gasteiger charge is -2.24. The van der Waals surface area contributed by atoms with Crippen molar-refractivity contribution >= 4 is 23.0 Å². The molecule has 1 aliphatic rings. The highest BCUT2D eigenvalue weighted by Gasteiger charge is 2.17. The largest absolute Gasteiger partial charge is 0.462 e. The minimum Gasteiger partial charge on any atom is -0.462 e. The molecule has 0 aliphatic carbocycles. The van der Waals surface area contributed by atoms with Gasteiger partial charge in [-0.1, -0.05) is 26.3 Å². The average Bonchev–Trinajstić information content (AvgIpc) is 2.29. The van der Waals surface area contributed by atoms with Crippen molar-refractivity contribution in [2.45, 2.75) is 33.1 Å². The van der Waals surface area contributed by atoms with Gasteiger partial charge in [0.05, 0.1) is 6.61 Å². The molecule has 1 aliphatic heterocycles. The van der Waals surface area contributed by atoms with Crippen molar-refractivity contribution in [2.24, 2.45) is 0 Å². The number of ether oxygens (including phenoxy) is 1. The zero-order chi connectivity index (χ0) is 11.1. The second-order valence-electron chi connectivity index (χ2n) is 3.88. The Morgan fingerprint density at radius 3 is 2.88 bits per heavy atom. The summed E-state index contributed by atoms with van der Waals surface area (Å²) >= 11 is 0. The predicted octanol–water partition coefficient (Wildman–Crippen LogP) is 2.56. The summed E-state index contributed by atoms with van der Waals surface area (Å²) in [5.74, 6) is -0.124. The lowest BCUT2D eigenvalue weighted by Crippen LogP contribution is -2.32. The quantitative estimate of drug-likeness (QED) is 0.576. The first-order valence-electron chi connectivity index (χ1n) is 5.86. The number of carbonyl (C=O) groups is 1. The molecule has 0 fully saturated rings. The number of halogens is 1. The number of unbranched alkanes of at least 4 members (excludes halogenated alkanes) is 1. The van der Waals surface area contributed by atoms with E-state index in [2.05, 4.69) is 18.7 Å². The van der Waals surface area contributed by atoms with Crippen LogP contribution in [0.3, 0.4) is 0 Å². The summed E-state index contributed by atoms with van der Waals surface area (Å²) in [7, 11) is 0. The number of hydrogen-bond donors (Lipinski definition) is 0. The SMILES string of the molecule is Br.CCCCOC(=O)C1=CCCN(CC)C1. The topological polar surface area (TPSA) is 29.5 Å². The monoisotopic (exact) mass is 291 g/mol. The van der Waals surface area contributed by atoms with Crippen molar-refractivity contribution in [1.82, 2.24) is 4.90 Å². The Morgan fingerprint density at radius 1 is 1.50 bits per heavy atom. The number of hydrogen-bond acceptors (Lipinski definition) is 3. The standard InChI is InChI=1S/C12H21NO2.BrH/c1-3-5-9-15-12(14)11-7-6-8-13(4-2)10-11;/h7H,3-6,8-10H2,1-2H3;1H. The molecule has 0 N–H and O–H groups in total. The number of rotatable bonds is 5. The van der Waals surface area contributed by atoms with Gasteiger partial charge in [0.15, 0.2) is 0 Å². The van der Waals surface area contributed by atoms with Crippen LogP contribution in [0.5, 0.6) is 0 Å². The molecule has 0 bridgehead atoms. The van der Waals surface area contributed by atoms with E-state index in [1.54, 1.807) is 0 Å². The fourth-order valence-electron chi connectivity index (χ4n) is 1.63. The Bertz CT molecular complexity index is 241. The molecule has 0 atom stereocenters. The van der Waals surface area contributed by atoms with Crippen molar-refractivity contribution < 1.29 is 9.53 Å². The van der Waals surface area contributed by atoms with E-state index in [4.69, 9.17) is 4.74 Å². The van der Waals surface area contributed by atoms with Crippen LogP contribution < -0.4 is 0 Å². The van der Waals surface area contributed by atoms with Crippen LogP contribution in [0.2, 0.25) is 0 Å². The maximum absolute atomic E-state index is 11.6. The van der Waals surface area contributed by atoms with Gasteiger partial charge in [0.2, 0.25) is 0 Å². The third-order valence-corrected chi connectivity index (χ3v) is 2.67. The molecule has 1 rings (SSSR count). The van der Waals surface area contributed by atoms with Crippen LogP contribution in [0.4, 0.5) is 0 Å². The van der Waals surface area contributed by atoms with E-state index in [1.807, 2.05) is 6.08 Å². The summed E-state index contributed by atoms with van der Waals surface area (Å²) in [4.78, 5) is 13.9. The van der Waals surface area contributed by atoms with Crippen LogP contribution in [0, 0.1) is 0 Å². The predicted molar refractivity (Wildman–Crippen MR) is 71.0 cm³/mol. The second kappa shape index (κ2) is 8.76. The van der Waals surface area contributed by atoms with E-state index in [0.717, 1.165) is 44.5 Å². The maximum Gasteiger partial charge on any atom is 0.334 e. The molecule has 4 heteroatoms. The van der Waals surface area contributed by atoms with Crippen LogP contribution in [0.1, 0.15) is 33.1 Å². The maximum atomic E-state index is 11.6. The van der Waals surface area contributed by atoms with Crippen LogP contribution in [0.25, 0.3) is 0 Å². The third-order valence-electron chi connectivity index (χ3n) is 2.67. The molecule has 0 aromatic heterocycles. The van der Waals surface area contributed by atoms with Gasteiger partial charge in [-0.25, -0.2) is 4.79 Å². The van der Waals surface area contributed by atoms with E-state index in [-0.39, 0.29) is 23.0 Å².